The van der Waals surface area contributed by atoms with E-state index in [4.69, 9.17) is 0 Å². The highest BCUT2D eigenvalue weighted by Gasteiger charge is 2.07. The summed E-state index contributed by atoms with van der Waals surface area (Å²) in [4.78, 5) is 7.91. The van der Waals surface area contributed by atoms with Crippen LogP contribution < -0.4 is 0 Å². The Balaban J connectivity index is 2.08. The van der Waals surface area contributed by atoms with Crippen LogP contribution in [0.1, 0.15) is 17.4 Å². The van der Waals surface area contributed by atoms with Crippen LogP contribution in [0.25, 0.3) is 0 Å². The van der Waals surface area contributed by atoms with E-state index in [2.05, 4.69) is 9.97 Å². The monoisotopic (exact) mass is 200 g/mol. The number of hydrogen-bond donors (Lipinski definition) is 1. The topological polar surface area (TPSA) is 46.0 Å². The standard InChI is InChI=1S/C12H12N2O/c15-12(10-4-2-1-3-5-10)8-11-6-7-13-9-14-11/h1-7,9,12,15H,8H2. The number of aliphatic hydroxyl groups excluding tert-OH is 1. The molecule has 3 nitrogen and oxygen atoms in total. The third-order valence-corrected chi connectivity index (χ3v) is 2.23. The van der Waals surface area contributed by atoms with Crippen molar-refractivity contribution in [3.05, 3.63) is 60.2 Å². The zero-order chi connectivity index (χ0) is 10.5. The van der Waals surface area contributed by atoms with Gasteiger partial charge in [-0.3, -0.25) is 0 Å². The summed E-state index contributed by atoms with van der Waals surface area (Å²) in [6, 6.07) is 11.4. The van der Waals surface area contributed by atoms with Crippen molar-refractivity contribution in [1.82, 2.24) is 9.97 Å². The normalized spacial score (nSPS) is 12.3. The van der Waals surface area contributed by atoms with E-state index in [0.717, 1.165) is 11.3 Å². The number of aromatic nitrogens is 2. The van der Waals surface area contributed by atoms with Gasteiger partial charge >= 0.3 is 0 Å². The van der Waals surface area contributed by atoms with Crippen molar-refractivity contribution in [2.75, 3.05) is 0 Å². The molecule has 0 bridgehead atoms. The van der Waals surface area contributed by atoms with Gasteiger partial charge in [0.25, 0.3) is 0 Å². The summed E-state index contributed by atoms with van der Waals surface area (Å²) in [5, 5.41) is 9.91. The lowest BCUT2D eigenvalue weighted by Crippen LogP contribution is -2.03. The van der Waals surface area contributed by atoms with Gasteiger partial charge in [-0.25, -0.2) is 9.97 Å². The van der Waals surface area contributed by atoms with Crippen molar-refractivity contribution in [2.24, 2.45) is 0 Å². The average Bonchev–Trinajstić information content (AvgIpc) is 2.31. The Morgan fingerprint density at radius 3 is 2.60 bits per heavy atom. The molecule has 15 heavy (non-hydrogen) atoms. The van der Waals surface area contributed by atoms with Gasteiger partial charge in [0.2, 0.25) is 0 Å². The Bertz CT molecular complexity index is 402. The van der Waals surface area contributed by atoms with Crippen molar-refractivity contribution in [2.45, 2.75) is 12.5 Å². The first kappa shape index (κ1) is 9.80. The quantitative estimate of drug-likeness (QED) is 0.821. The highest BCUT2D eigenvalue weighted by Crippen LogP contribution is 2.15. The van der Waals surface area contributed by atoms with Crippen LogP contribution >= 0.6 is 0 Å². The van der Waals surface area contributed by atoms with E-state index in [-0.39, 0.29) is 0 Å². The number of benzene rings is 1. The van der Waals surface area contributed by atoms with Gasteiger partial charge in [0, 0.05) is 18.3 Å². The lowest BCUT2D eigenvalue weighted by Gasteiger charge is -2.09. The Kier molecular flexibility index (Phi) is 3.05. The molecule has 0 aliphatic carbocycles. The number of rotatable bonds is 3. The summed E-state index contributed by atoms with van der Waals surface area (Å²) < 4.78 is 0. The van der Waals surface area contributed by atoms with Crippen molar-refractivity contribution in [3.63, 3.8) is 0 Å². The minimum absolute atomic E-state index is 0.499. The van der Waals surface area contributed by atoms with Gasteiger partial charge in [-0.15, -0.1) is 0 Å². The zero-order valence-corrected chi connectivity index (χ0v) is 8.24. The SMILES string of the molecule is OC(Cc1ccncn1)c1ccccc1. The van der Waals surface area contributed by atoms with Crippen LogP contribution in [-0.2, 0) is 6.42 Å². The molecule has 1 heterocycles. The molecule has 1 N–H and O–H groups in total. The minimum atomic E-state index is -0.499. The second kappa shape index (κ2) is 4.66. The fourth-order valence-corrected chi connectivity index (χ4v) is 1.43. The molecule has 3 heteroatoms. The van der Waals surface area contributed by atoms with Gasteiger partial charge in [-0.05, 0) is 11.6 Å². The molecule has 1 aromatic heterocycles. The fourth-order valence-electron chi connectivity index (χ4n) is 1.43. The van der Waals surface area contributed by atoms with Crippen molar-refractivity contribution >= 4 is 0 Å². The third kappa shape index (κ3) is 2.60. The van der Waals surface area contributed by atoms with E-state index in [1.165, 1.54) is 6.33 Å². The summed E-state index contributed by atoms with van der Waals surface area (Å²) in [5.74, 6) is 0. The summed E-state index contributed by atoms with van der Waals surface area (Å²) in [6.45, 7) is 0. The molecule has 0 fully saturated rings. The van der Waals surface area contributed by atoms with Crippen LogP contribution in [0.4, 0.5) is 0 Å². The molecule has 2 rings (SSSR count). The van der Waals surface area contributed by atoms with Crippen LogP contribution in [0.15, 0.2) is 48.9 Å². The maximum absolute atomic E-state index is 9.91. The van der Waals surface area contributed by atoms with Crippen LogP contribution in [0, 0.1) is 0 Å². The smallest absolute Gasteiger partial charge is 0.115 e. The van der Waals surface area contributed by atoms with E-state index >= 15 is 0 Å². The first-order valence-corrected chi connectivity index (χ1v) is 4.84. The van der Waals surface area contributed by atoms with E-state index in [1.807, 2.05) is 36.4 Å². The van der Waals surface area contributed by atoms with E-state index in [1.54, 1.807) is 6.20 Å². The first-order chi connectivity index (χ1) is 7.36. The maximum atomic E-state index is 9.91. The lowest BCUT2D eigenvalue weighted by atomic mass is 10.1. The van der Waals surface area contributed by atoms with E-state index in [0.29, 0.717) is 6.42 Å². The highest BCUT2D eigenvalue weighted by atomic mass is 16.3. The molecule has 2 aromatic rings. The molecule has 0 aliphatic heterocycles. The molecule has 1 aromatic carbocycles. The molecule has 0 aliphatic rings. The van der Waals surface area contributed by atoms with Gasteiger partial charge in [0.05, 0.1) is 6.10 Å². The predicted octanol–water partition coefficient (Wildman–Crippen LogP) is 1.75. The first-order valence-electron chi connectivity index (χ1n) is 4.84. The Morgan fingerprint density at radius 2 is 1.93 bits per heavy atom. The summed E-state index contributed by atoms with van der Waals surface area (Å²) in [6.07, 6.45) is 3.20. The average molecular weight is 200 g/mol. The molecule has 0 saturated carbocycles. The van der Waals surface area contributed by atoms with Crippen LogP contribution in [0.2, 0.25) is 0 Å². The Hall–Kier alpha value is -1.74. The summed E-state index contributed by atoms with van der Waals surface area (Å²) in [7, 11) is 0. The van der Waals surface area contributed by atoms with Gasteiger partial charge < -0.3 is 5.11 Å². The molecule has 1 atom stereocenters. The second-order valence-corrected chi connectivity index (χ2v) is 3.33. The molecule has 0 amide bonds. The van der Waals surface area contributed by atoms with E-state index < -0.39 is 6.10 Å². The van der Waals surface area contributed by atoms with E-state index in [9.17, 15) is 5.11 Å². The number of aliphatic hydroxyl groups is 1. The van der Waals surface area contributed by atoms with Gasteiger partial charge in [0.1, 0.15) is 6.33 Å². The summed E-state index contributed by atoms with van der Waals surface area (Å²) in [5.41, 5.74) is 1.76. The van der Waals surface area contributed by atoms with Gasteiger partial charge in [-0.1, -0.05) is 30.3 Å². The Morgan fingerprint density at radius 1 is 1.13 bits per heavy atom. The molecule has 76 valence electrons. The predicted molar refractivity (Wildman–Crippen MR) is 57.1 cm³/mol. The number of hydrogen-bond acceptors (Lipinski definition) is 3. The molecule has 0 saturated heterocycles. The van der Waals surface area contributed by atoms with Gasteiger partial charge in [0.15, 0.2) is 0 Å². The highest BCUT2D eigenvalue weighted by molar-refractivity contribution is 5.18. The number of nitrogens with zero attached hydrogens (tertiary/aromatic N) is 2. The van der Waals surface area contributed by atoms with Crippen molar-refractivity contribution in [3.8, 4) is 0 Å². The van der Waals surface area contributed by atoms with Crippen LogP contribution in [0.3, 0.4) is 0 Å². The van der Waals surface area contributed by atoms with Gasteiger partial charge in [-0.2, -0.15) is 0 Å². The second-order valence-electron chi connectivity index (χ2n) is 3.33. The molecule has 1 unspecified atom stereocenters. The molecular formula is C12H12N2O. The maximum Gasteiger partial charge on any atom is 0.115 e. The lowest BCUT2D eigenvalue weighted by molar-refractivity contribution is 0.177. The van der Waals surface area contributed by atoms with Crippen LogP contribution in [0.5, 0.6) is 0 Å². The Labute approximate surface area is 88.5 Å². The fraction of sp³-hybridized carbons (Fsp3) is 0.167. The zero-order valence-electron chi connectivity index (χ0n) is 8.24. The summed E-state index contributed by atoms with van der Waals surface area (Å²) >= 11 is 0. The molecular weight excluding hydrogens is 188 g/mol. The van der Waals surface area contributed by atoms with Crippen molar-refractivity contribution < 1.29 is 5.11 Å². The largest absolute Gasteiger partial charge is 0.388 e. The minimum Gasteiger partial charge on any atom is -0.388 e. The van der Waals surface area contributed by atoms with Crippen LogP contribution in [-0.4, -0.2) is 15.1 Å². The molecule has 0 radical (unpaired) electrons. The third-order valence-electron chi connectivity index (χ3n) is 2.23. The molecule has 0 spiro atoms. The van der Waals surface area contributed by atoms with Crippen molar-refractivity contribution in [1.29, 1.82) is 0 Å².